The van der Waals surface area contributed by atoms with Crippen molar-refractivity contribution in [3.05, 3.63) is 64.8 Å². The number of anilines is 1. The average Bonchev–Trinajstić information content (AvgIpc) is 2.87. The van der Waals surface area contributed by atoms with E-state index in [1.54, 1.807) is 19.2 Å². The van der Waals surface area contributed by atoms with Gasteiger partial charge in [-0.3, -0.25) is 9.78 Å². The first-order chi connectivity index (χ1) is 18.2. The lowest BCUT2D eigenvalue weighted by Crippen LogP contribution is -2.43. The van der Waals surface area contributed by atoms with Crippen LogP contribution in [0.4, 0.5) is 14.5 Å². The van der Waals surface area contributed by atoms with E-state index >= 15 is 0 Å². The second-order valence-corrected chi connectivity index (χ2v) is 10.4. The van der Waals surface area contributed by atoms with Crippen molar-refractivity contribution < 1.29 is 28.5 Å². The van der Waals surface area contributed by atoms with E-state index in [1.807, 2.05) is 6.07 Å². The molecule has 1 aliphatic rings. The number of benzene rings is 2. The Kier molecular flexibility index (Phi) is 9.02. The number of ether oxygens (including phenoxy) is 1. The Labute approximate surface area is 225 Å². The second kappa shape index (κ2) is 12.2. The van der Waals surface area contributed by atoms with Crippen LogP contribution in [0.3, 0.4) is 0 Å². The van der Waals surface area contributed by atoms with Gasteiger partial charge in [0.15, 0.2) is 0 Å². The molecule has 1 saturated heterocycles. The highest BCUT2D eigenvalue weighted by molar-refractivity contribution is 6.32. The zero-order valence-corrected chi connectivity index (χ0v) is 22.0. The predicted molar refractivity (Wildman–Crippen MR) is 143 cm³/mol. The summed E-state index contributed by atoms with van der Waals surface area (Å²) in [5.41, 5.74) is 1.19. The van der Waals surface area contributed by atoms with Crippen LogP contribution in [-0.4, -0.2) is 59.4 Å². The summed E-state index contributed by atoms with van der Waals surface area (Å²) in [7, 11) is 1.56. The molecule has 3 aromatic rings. The molecule has 2 heterocycles. The van der Waals surface area contributed by atoms with Crippen molar-refractivity contribution >= 4 is 34.2 Å². The molecular formula is C28H32ClF2N3O4. The molecule has 1 aliphatic heterocycles. The molecule has 1 unspecified atom stereocenters. The monoisotopic (exact) mass is 547 g/mol. The lowest BCUT2D eigenvalue weighted by Gasteiger charge is -2.41. The van der Waals surface area contributed by atoms with Crippen LogP contribution in [0.1, 0.15) is 43.8 Å². The highest BCUT2D eigenvalue weighted by Gasteiger charge is 2.37. The second-order valence-electron chi connectivity index (χ2n) is 9.95. The van der Waals surface area contributed by atoms with Gasteiger partial charge in [-0.05, 0) is 74.5 Å². The fraction of sp³-hybridized carbons (Fsp3) is 0.429. The van der Waals surface area contributed by atoms with E-state index in [9.17, 15) is 23.8 Å². The van der Waals surface area contributed by atoms with Gasteiger partial charge in [0, 0.05) is 42.0 Å². The van der Waals surface area contributed by atoms with Gasteiger partial charge in [0.2, 0.25) is 0 Å². The first kappa shape index (κ1) is 28.0. The summed E-state index contributed by atoms with van der Waals surface area (Å²) in [5.74, 6) is -1.50. The molecule has 10 heteroatoms. The molecule has 2 aromatic carbocycles. The third-order valence-electron chi connectivity index (χ3n) is 7.41. The molecule has 0 radical (unpaired) electrons. The number of carboxylic acids is 1. The van der Waals surface area contributed by atoms with Gasteiger partial charge in [0.25, 0.3) is 0 Å². The van der Waals surface area contributed by atoms with E-state index in [0.29, 0.717) is 84.8 Å². The third kappa shape index (κ3) is 6.89. The number of nitrogens with zero attached hydrogens (tertiary/aromatic N) is 2. The number of aliphatic carboxylic acids is 1. The van der Waals surface area contributed by atoms with Crippen molar-refractivity contribution in [3.63, 3.8) is 0 Å². The molecule has 0 aliphatic carbocycles. The number of carbonyl (C=O) groups is 1. The predicted octanol–water partition coefficient (Wildman–Crippen LogP) is 5.66. The Morgan fingerprint density at radius 1 is 1.21 bits per heavy atom. The average molecular weight is 548 g/mol. The highest BCUT2D eigenvalue weighted by atomic mass is 35.5. The molecule has 0 bridgehead atoms. The summed E-state index contributed by atoms with van der Waals surface area (Å²) in [4.78, 5) is 18.3. The number of hydrogen-bond donors (Lipinski definition) is 3. The molecule has 38 heavy (non-hydrogen) atoms. The van der Waals surface area contributed by atoms with Gasteiger partial charge in [-0.1, -0.05) is 11.6 Å². The molecule has 1 atom stereocenters. The number of aromatic nitrogens is 1. The van der Waals surface area contributed by atoms with E-state index in [1.165, 1.54) is 18.3 Å². The van der Waals surface area contributed by atoms with Gasteiger partial charge < -0.3 is 25.2 Å². The van der Waals surface area contributed by atoms with Crippen molar-refractivity contribution in [1.29, 1.82) is 0 Å². The number of rotatable bonds is 11. The quantitative estimate of drug-likeness (QED) is 0.285. The Bertz CT molecular complexity index is 1260. The number of pyridine rings is 1. The van der Waals surface area contributed by atoms with Crippen LogP contribution >= 0.6 is 11.6 Å². The molecular weight excluding hydrogens is 516 g/mol. The fourth-order valence-corrected chi connectivity index (χ4v) is 5.60. The van der Waals surface area contributed by atoms with Crippen molar-refractivity contribution in [1.82, 2.24) is 9.88 Å². The Balaban J connectivity index is 1.38. The minimum atomic E-state index is -0.889. The number of aliphatic hydroxyl groups is 1. The third-order valence-corrected chi connectivity index (χ3v) is 7.71. The number of carboxylic acid groups (broad SMARTS) is 1. The molecule has 7 nitrogen and oxygen atoms in total. The smallest absolute Gasteiger partial charge is 0.303 e. The first-order valence-corrected chi connectivity index (χ1v) is 13.0. The Morgan fingerprint density at radius 2 is 1.92 bits per heavy atom. The van der Waals surface area contributed by atoms with Crippen molar-refractivity contribution in [3.8, 4) is 5.75 Å². The minimum Gasteiger partial charge on any atom is -0.497 e. The lowest BCUT2D eigenvalue weighted by atomic mass is 9.71. The largest absolute Gasteiger partial charge is 0.497 e. The van der Waals surface area contributed by atoms with E-state index in [-0.39, 0.29) is 6.42 Å². The molecule has 0 saturated carbocycles. The Morgan fingerprint density at radius 3 is 2.58 bits per heavy atom. The maximum absolute atomic E-state index is 13.4. The topological polar surface area (TPSA) is 94.9 Å². The number of fused-ring (bicyclic) bond motifs is 1. The number of likely N-dealkylation sites (tertiary alicyclic amines) is 1. The molecule has 3 N–H and O–H groups in total. The molecule has 1 aromatic heterocycles. The summed E-state index contributed by atoms with van der Waals surface area (Å²) >= 11 is 6.45. The van der Waals surface area contributed by atoms with Gasteiger partial charge in [0.05, 0.1) is 30.2 Å². The highest BCUT2D eigenvalue weighted by Crippen LogP contribution is 2.43. The zero-order valence-electron chi connectivity index (χ0n) is 21.2. The van der Waals surface area contributed by atoms with Gasteiger partial charge in [-0.15, -0.1) is 0 Å². The van der Waals surface area contributed by atoms with Crippen molar-refractivity contribution in [2.75, 3.05) is 38.6 Å². The van der Waals surface area contributed by atoms with Crippen LogP contribution < -0.4 is 10.1 Å². The van der Waals surface area contributed by atoms with Crippen LogP contribution in [0.25, 0.3) is 10.9 Å². The minimum absolute atomic E-state index is 0.0209. The van der Waals surface area contributed by atoms with Gasteiger partial charge >= 0.3 is 5.97 Å². The maximum atomic E-state index is 13.4. The van der Waals surface area contributed by atoms with Gasteiger partial charge in [0.1, 0.15) is 17.4 Å². The van der Waals surface area contributed by atoms with Crippen LogP contribution in [-0.2, 0) is 4.79 Å². The number of methoxy groups -OCH3 is 1. The zero-order chi connectivity index (χ0) is 27.3. The summed E-state index contributed by atoms with van der Waals surface area (Å²) < 4.78 is 32.1. The van der Waals surface area contributed by atoms with E-state index < -0.39 is 29.1 Å². The Hall–Kier alpha value is -3.01. The summed E-state index contributed by atoms with van der Waals surface area (Å²) in [6.45, 7) is 2.55. The van der Waals surface area contributed by atoms with Crippen LogP contribution in [0.5, 0.6) is 5.75 Å². The number of nitrogens with one attached hydrogen (secondary N) is 1. The van der Waals surface area contributed by atoms with Gasteiger partial charge in [-0.2, -0.15) is 0 Å². The number of aliphatic hydroxyl groups excluding tert-OH is 1. The molecule has 0 spiro atoms. The molecule has 1 fully saturated rings. The summed E-state index contributed by atoms with van der Waals surface area (Å²) in [6.07, 6.45) is 2.87. The fourth-order valence-electron chi connectivity index (χ4n) is 5.32. The SMILES string of the molecule is COc1ccc2ncc(Cl)c(C(O)CCC3(CC(=O)O)CCN(CCNc4cc(F)cc(F)c4)CC3)c2c1. The number of hydrogen-bond acceptors (Lipinski definition) is 6. The number of halogens is 3. The lowest BCUT2D eigenvalue weighted by molar-refractivity contribution is -0.141. The summed E-state index contributed by atoms with van der Waals surface area (Å²) in [5, 5.41) is 24.9. The number of piperidine rings is 1. The van der Waals surface area contributed by atoms with Crippen molar-refractivity contribution in [2.24, 2.45) is 5.41 Å². The standard InChI is InChI=1S/C28H32ClF2N3O4/c1-38-21-2-3-24-22(15-21)27(23(29)17-33-24)25(35)4-5-28(16-26(36)37)6-9-34(10-7-28)11-8-32-20-13-18(30)12-19(31)14-20/h2-3,12-15,17,25,32,35H,4-11,16H2,1H3,(H,36,37). The normalized spacial score (nSPS) is 16.3. The molecule has 4 rings (SSSR count). The van der Waals surface area contributed by atoms with Gasteiger partial charge in [-0.25, -0.2) is 8.78 Å². The maximum Gasteiger partial charge on any atom is 0.303 e. The molecule has 0 amide bonds. The molecule has 204 valence electrons. The van der Waals surface area contributed by atoms with E-state index in [4.69, 9.17) is 16.3 Å². The van der Waals surface area contributed by atoms with E-state index in [2.05, 4.69) is 15.2 Å². The van der Waals surface area contributed by atoms with Crippen LogP contribution in [0.2, 0.25) is 5.02 Å². The van der Waals surface area contributed by atoms with E-state index in [0.717, 1.165) is 6.07 Å². The van der Waals surface area contributed by atoms with Crippen LogP contribution in [0, 0.1) is 17.0 Å². The summed E-state index contributed by atoms with van der Waals surface area (Å²) in [6, 6.07) is 8.72. The van der Waals surface area contributed by atoms with Crippen LogP contribution in [0.15, 0.2) is 42.6 Å². The van der Waals surface area contributed by atoms with Crippen molar-refractivity contribution in [2.45, 2.75) is 38.2 Å². The first-order valence-electron chi connectivity index (χ1n) is 12.6.